The SMILES string of the molecule is CSc1nncc(-c2ccccc2Cl)n1. The van der Waals surface area contributed by atoms with Gasteiger partial charge in [-0.1, -0.05) is 41.6 Å². The third kappa shape index (κ3) is 2.27. The second kappa shape index (κ2) is 4.59. The molecule has 0 aliphatic heterocycles. The van der Waals surface area contributed by atoms with Gasteiger partial charge in [-0.05, 0) is 12.3 Å². The van der Waals surface area contributed by atoms with Crippen molar-refractivity contribution in [2.45, 2.75) is 5.16 Å². The number of halogens is 1. The summed E-state index contributed by atoms with van der Waals surface area (Å²) in [6.45, 7) is 0. The lowest BCUT2D eigenvalue weighted by molar-refractivity contribution is 0.846. The van der Waals surface area contributed by atoms with Gasteiger partial charge in [-0.15, -0.1) is 5.10 Å². The zero-order valence-electron chi connectivity index (χ0n) is 8.01. The van der Waals surface area contributed by atoms with E-state index in [0.717, 1.165) is 11.3 Å². The van der Waals surface area contributed by atoms with Crippen LogP contribution in [0.1, 0.15) is 0 Å². The number of benzene rings is 1. The third-order valence-corrected chi connectivity index (χ3v) is 2.74. The Hall–Kier alpha value is -1.13. The Morgan fingerprint density at radius 2 is 2.07 bits per heavy atom. The molecule has 1 aromatic heterocycles. The quantitative estimate of drug-likeness (QED) is 0.753. The minimum Gasteiger partial charge on any atom is -0.219 e. The van der Waals surface area contributed by atoms with Crippen molar-refractivity contribution in [1.82, 2.24) is 15.2 Å². The normalized spacial score (nSPS) is 10.3. The highest BCUT2D eigenvalue weighted by Crippen LogP contribution is 2.25. The maximum absolute atomic E-state index is 6.06. The summed E-state index contributed by atoms with van der Waals surface area (Å²) in [6.07, 6.45) is 3.52. The molecule has 0 fully saturated rings. The molecule has 76 valence electrons. The summed E-state index contributed by atoms with van der Waals surface area (Å²) in [5.41, 5.74) is 1.63. The fourth-order valence-electron chi connectivity index (χ4n) is 1.17. The molecule has 0 aliphatic carbocycles. The molecule has 0 atom stereocenters. The van der Waals surface area contributed by atoms with Crippen LogP contribution in [0.15, 0.2) is 35.6 Å². The molecular formula is C10H8ClN3S. The Bertz CT molecular complexity index is 476. The van der Waals surface area contributed by atoms with Crippen molar-refractivity contribution in [3.05, 3.63) is 35.5 Å². The summed E-state index contributed by atoms with van der Waals surface area (Å²) in [5.74, 6) is 0. The highest BCUT2D eigenvalue weighted by atomic mass is 35.5. The van der Waals surface area contributed by atoms with E-state index < -0.39 is 0 Å². The highest BCUT2D eigenvalue weighted by Gasteiger charge is 2.05. The molecule has 0 aliphatic rings. The molecule has 0 radical (unpaired) electrons. The van der Waals surface area contributed by atoms with Crippen molar-refractivity contribution in [3.8, 4) is 11.3 Å². The van der Waals surface area contributed by atoms with E-state index >= 15 is 0 Å². The van der Waals surface area contributed by atoms with Crippen molar-refractivity contribution < 1.29 is 0 Å². The molecule has 0 saturated carbocycles. The summed E-state index contributed by atoms with van der Waals surface area (Å²) >= 11 is 7.51. The van der Waals surface area contributed by atoms with Crippen LogP contribution in [0.25, 0.3) is 11.3 Å². The molecule has 0 bridgehead atoms. The van der Waals surface area contributed by atoms with E-state index in [1.807, 2.05) is 30.5 Å². The lowest BCUT2D eigenvalue weighted by Gasteiger charge is -2.02. The van der Waals surface area contributed by atoms with Crippen molar-refractivity contribution in [3.63, 3.8) is 0 Å². The van der Waals surface area contributed by atoms with Gasteiger partial charge in [0.25, 0.3) is 0 Å². The molecule has 0 amide bonds. The minimum atomic E-state index is 0.646. The average Bonchev–Trinajstić information content (AvgIpc) is 2.30. The highest BCUT2D eigenvalue weighted by molar-refractivity contribution is 7.98. The topological polar surface area (TPSA) is 38.7 Å². The third-order valence-electron chi connectivity index (χ3n) is 1.87. The summed E-state index contributed by atoms with van der Waals surface area (Å²) < 4.78 is 0. The number of hydrogen-bond donors (Lipinski definition) is 0. The van der Waals surface area contributed by atoms with Crippen molar-refractivity contribution in [2.75, 3.05) is 6.26 Å². The van der Waals surface area contributed by atoms with Crippen LogP contribution in [-0.4, -0.2) is 21.4 Å². The van der Waals surface area contributed by atoms with E-state index in [4.69, 9.17) is 11.6 Å². The van der Waals surface area contributed by atoms with Crippen molar-refractivity contribution in [1.29, 1.82) is 0 Å². The maximum atomic E-state index is 6.06. The molecule has 2 rings (SSSR count). The zero-order chi connectivity index (χ0) is 10.7. The second-order valence-electron chi connectivity index (χ2n) is 2.81. The number of aromatic nitrogens is 3. The Balaban J connectivity index is 2.49. The van der Waals surface area contributed by atoms with Crippen LogP contribution >= 0.6 is 23.4 Å². The molecule has 0 saturated heterocycles. The largest absolute Gasteiger partial charge is 0.219 e. The molecule has 0 N–H and O–H groups in total. The first-order chi connectivity index (χ1) is 7.31. The fourth-order valence-corrected chi connectivity index (χ4v) is 1.72. The first-order valence-corrected chi connectivity index (χ1v) is 5.90. The summed E-state index contributed by atoms with van der Waals surface area (Å²) in [5, 5.41) is 9.07. The van der Waals surface area contributed by atoms with E-state index in [0.29, 0.717) is 10.2 Å². The van der Waals surface area contributed by atoms with Gasteiger partial charge in [-0.3, -0.25) is 0 Å². The van der Waals surface area contributed by atoms with E-state index in [1.165, 1.54) is 11.8 Å². The van der Waals surface area contributed by atoms with Gasteiger partial charge >= 0.3 is 0 Å². The Labute approximate surface area is 96.9 Å². The number of thioether (sulfide) groups is 1. The van der Waals surface area contributed by atoms with Gasteiger partial charge in [-0.25, -0.2) is 4.98 Å². The Kier molecular flexibility index (Phi) is 3.18. The first kappa shape index (κ1) is 10.4. The monoisotopic (exact) mass is 237 g/mol. The molecule has 2 aromatic rings. The van der Waals surface area contributed by atoms with E-state index in [9.17, 15) is 0 Å². The van der Waals surface area contributed by atoms with Crippen LogP contribution in [0, 0.1) is 0 Å². The molecule has 1 aromatic carbocycles. The summed E-state index contributed by atoms with van der Waals surface area (Å²) in [7, 11) is 0. The molecule has 15 heavy (non-hydrogen) atoms. The van der Waals surface area contributed by atoms with Gasteiger partial charge in [0, 0.05) is 5.56 Å². The van der Waals surface area contributed by atoms with Gasteiger partial charge in [0.1, 0.15) is 0 Å². The van der Waals surface area contributed by atoms with Crippen LogP contribution in [-0.2, 0) is 0 Å². The summed E-state index contributed by atoms with van der Waals surface area (Å²) in [6, 6.07) is 7.55. The van der Waals surface area contributed by atoms with Gasteiger partial charge in [0.05, 0.1) is 16.9 Å². The zero-order valence-corrected chi connectivity index (χ0v) is 9.59. The van der Waals surface area contributed by atoms with Crippen molar-refractivity contribution in [2.24, 2.45) is 0 Å². The predicted molar refractivity (Wildman–Crippen MR) is 62.1 cm³/mol. The van der Waals surface area contributed by atoms with Crippen LogP contribution in [0.4, 0.5) is 0 Å². The van der Waals surface area contributed by atoms with Crippen molar-refractivity contribution >= 4 is 23.4 Å². The lowest BCUT2D eigenvalue weighted by atomic mass is 10.2. The molecule has 5 heteroatoms. The van der Waals surface area contributed by atoms with E-state index in [2.05, 4.69) is 15.2 Å². The van der Waals surface area contributed by atoms with Crippen LogP contribution < -0.4 is 0 Å². The number of rotatable bonds is 2. The van der Waals surface area contributed by atoms with Gasteiger partial charge in [0.15, 0.2) is 0 Å². The molecule has 0 spiro atoms. The number of hydrogen-bond acceptors (Lipinski definition) is 4. The second-order valence-corrected chi connectivity index (χ2v) is 3.99. The molecule has 1 heterocycles. The van der Waals surface area contributed by atoms with Gasteiger partial charge < -0.3 is 0 Å². The Morgan fingerprint density at radius 1 is 1.27 bits per heavy atom. The van der Waals surface area contributed by atoms with E-state index in [-0.39, 0.29) is 0 Å². The van der Waals surface area contributed by atoms with E-state index in [1.54, 1.807) is 6.20 Å². The molecular weight excluding hydrogens is 230 g/mol. The van der Waals surface area contributed by atoms with Crippen LogP contribution in [0.5, 0.6) is 0 Å². The number of nitrogens with zero attached hydrogens (tertiary/aromatic N) is 3. The fraction of sp³-hybridized carbons (Fsp3) is 0.100. The molecule has 0 unspecified atom stereocenters. The Morgan fingerprint density at radius 3 is 2.80 bits per heavy atom. The first-order valence-electron chi connectivity index (χ1n) is 4.30. The van der Waals surface area contributed by atoms with Gasteiger partial charge in [0.2, 0.25) is 5.16 Å². The van der Waals surface area contributed by atoms with Crippen LogP contribution in [0.3, 0.4) is 0 Å². The minimum absolute atomic E-state index is 0.646. The predicted octanol–water partition coefficient (Wildman–Crippen LogP) is 2.91. The maximum Gasteiger partial charge on any atom is 0.209 e. The average molecular weight is 238 g/mol. The smallest absolute Gasteiger partial charge is 0.209 e. The summed E-state index contributed by atoms with van der Waals surface area (Å²) in [4.78, 5) is 4.33. The van der Waals surface area contributed by atoms with Crippen LogP contribution in [0.2, 0.25) is 5.02 Å². The lowest BCUT2D eigenvalue weighted by Crippen LogP contribution is -1.92. The molecule has 3 nitrogen and oxygen atoms in total. The standard InChI is InChI=1S/C10H8ClN3S/c1-15-10-13-9(6-12-14-10)7-4-2-3-5-8(7)11/h2-6H,1H3. The van der Waals surface area contributed by atoms with Gasteiger partial charge in [-0.2, -0.15) is 5.10 Å².